The third-order valence-corrected chi connectivity index (χ3v) is 2.62. The Kier molecular flexibility index (Phi) is 2.44. The van der Waals surface area contributed by atoms with Gasteiger partial charge in [-0.05, 0) is 31.2 Å². The van der Waals surface area contributed by atoms with Crippen molar-refractivity contribution in [1.82, 2.24) is 10.1 Å². The van der Waals surface area contributed by atoms with Crippen LogP contribution in [-0.4, -0.2) is 10.1 Å². The summed E-state index contributed by atoms with van der Waals surface area (Å²) in [5.41, 5.74) is 1.86. The normalized spacial score (nSPS) is 10.8. The van der Waals surface area contributed by atoms with E-state index in [9.17, 15) is 4.39 Å². The topological polar surface area (TPSA) is 51.0 Å². The summed E-state index contributed by atoms with van der Waals surface area (Å²) in [6.45, 7) is 1.91. The molecule has 2 heterocycles. The molecule has 0 radical (unpaired) electrons. The largest absolute Gasteiger partial charge is 0.351 e. The molecule has 0 bridgehead atoms. The molecule has 0 amide bonds. The van der Waals surface area contributed by atoms with Crippen molar-refractivity contribution in [3.8, 4) is 0 Å². The summed E-state index contributed by atoms with van der Waals surface area (Å²) >= 11 is 0. The van der Waals surface area contributed by atoms with Crippen molar-refractivity contribution in [2.75, 3.05) is 5.32 Å². The van der Waals surface area contributed by atoms with Crippen molar-refractivity contribution in [2.24, 2.45) is 0 Å². The van der Waals surface area contributed by atoms with Crippen LogP contribution in [0.1, 0.15) is 5.69 Å². The van der Waals surface area contributed by atoms with Crippen LogP contribution in [0.2, 0.25) is 0 Å². The van der Waals surface area contributed by atoms with E-state index in [0.717, 1.165) is 11.4 Å². The van der Waals surface area contributed by atoms with E-state index in [-0.39, 0.29) is 5.58 Å². The third kappa shape index (κ3) is 1.79. The number of nitrogens with zero attached hydrogens (tertiary/aromatic N) is 2. The first-order chi connectivity index (χ1) is 8.74. The Bertz CT molecular complexity index is 691. The van der Waals surface area contributed by atoms with Gasteiger partial charge in [0.05, 0.1) is 17.3 Å². The van der Waals surface area contributed by atoms with E-state index in [1.54, 1.807) is 18.3 Å². The lowest BCUT2D eigenvalue weighted by Gasteiger charge is -2.02. The predicted molar refractivity (Wildman–Crippen MR) is 66.2 cm³/mol. The number of para-hydroxylation sites is 1. The molecule has 5 heteroatoms. The predicted octanol–water partition coefficient (Wildman–Crippen LogP) is 3.41. The molecule has 0 saturated carbocycles. The van der Waals surface area contributed by atoms with Crippen molar-refractivity contribution in [3.63, 3.8) is 0 Å². The third-order valence-electron chi connectivity index (χ3n) is 2.62. The van der Waals surface area contributed by atoms with Crippen molar-refractivity contribution in [1.29, 1.82) is 0 Å². The molecule has 3 rings (SSSR count). The fourth-order valence-electron chi connectivity index (χ4n) is 1.70. The average Bonchev–Trinajstić information content (AvgIpc) is 2.77. The van der Waals surface area contributed by atoms with Gasteiger partial charge in [-0.3, -0.25) is 4.98 Å². The van der Waals surface area contributed by atoms with Crippen molar-refractivity contribution in [3.05, 3.63) is 48.0 Å². The van der Waals surface area contributed by atoms with Crippen molar-refractivity contribution >= 4 is 22.5 Å². The zero-order valence-corrected chi connectivity index (χ0v) is 9.64. The number of benzene rings is 1. The molecule has 0 saturated heterocycles. The fourth-order valence-corrected chi connectivity index (χ4v) is 1.70. The van der Waals surface area contributed by atoms with E-state index >= 15 is 0 Å². The highest BCUT2D eigenvalue weighted by molar-refractivity contribution is 5.90. The van der Waals surface area contributed by atoms with E-state index in [0.29, 0.717) is 11.2 Å². The maximum absolute atomic E-state index is 13.4. The van der Waals surface area contributed by atoms with E-state index < -0.39 is 5.82 Å². The Hall–Kier alpha value is -2.43. The number of aromatic nitrogens is 2. The second kappa shape index (κ2) is 4.10. The zero-order valence-electron chi connectivity index (χ0n) is 9.64. The van der Waals surface area contributed by atoms with Crippen LogP contribution < -0.4 is 5.32 Å². The minimum atomic E-state index is -0.421. The number of anilines is 2. The number of hydrogen-bond donors (Lipinski definition) is 1. The number of hydrogen-bond acceptors (Lipinski definition) is 4. The summed E-state index contributed by atoms with van der Waals surface area (Å²) in [6, 6.07) is 8.46. The molecule has 0 spiro atoms. The van der Waals surface area contributed by atoms with E-state index in [2.05, 4.69) is 15.5 Å². The molecule has 1 aromatic carbocycles. The molecule has 0 atom stereocenters. The average molecular weight is 243 g/mol. The van der Waals surface area contributed by atoms with Gasteiger partial charge in [0.1, 0.15) is 0 Å². The zero-order chi connectivity index (χ0) is 12.5. The molecule has 0 aliphatic carbocycles. The van der Waals surface area contributed by atoms with Crippen LogP contribution in [0.5, 0.6) is 0 Å². The molecule has 4 nitrogen and oxygen atoms in total. The van der Waals surface area contributed by atoms with Gasteiger partial charge >= 0.3 is 0 Å². The number of pyridine rings is 1. The first-order valence-corrected chi connectivity index (χ1v) is 5.47. The van der Waals surface area contributed by atoms with Gasteiger partial charge in [0.15, 0.2) is 11.6 Å². The lowest BCUT2D eigenvalue weighted by atomic mass is 10.2. The molecule has 0 fully saturated rings. The van der Waals surface area contributed by atoms with Crippen LogP contribution in [0, 0.1) is 12.7 Å². The summed E-state index contributed by atoms with van der Waals surface area (Å²) in [5, 5.41) is 7.47. The minimum Gasteiger partial charge on any atom is -0.351 e. The maximum atomic E-state index is 13.4. The van der Waals surface area contributed by atoms with Crippen LogP contribution in [0.15, 0.2) is 41.1 Å². The molecule has 18 heavy (non-hydrogen) atoms. The summed E-state index contributed by atoms with van der Waals surface area (Å²) in [6.07, 6.45) is 1.69. The Balaban J connectivity index is 2.00. The van der Waals surface area contributed by atoms with E-state index in [1.807, 2.05) is 19.1 Å². The number of aryl methyl sites for hydroxylation is 1. The van der Waals surface area contributed by atoms with Gasteiger partial charge in [0.25, 0.3) is 0 Å². The highest BCUT2D eigenvalue weighted by atomic mass is 19.1. The fraction of sp³-hybridized carbons (Fsp3) is 0.0769. The minimum absolute atomic E-state index is 0.153. The molecule has 3 aromatic rings. The van der Waals surface area contributed by atoms with Crippen LogP contribution in [-0.2, 0) is 0 Å². The summed E-state index contributed by atoms with van der Waals surface area (Å²) < 4.78 is 18.4. The maximum Gasteiger partial charge on any atom is 0.204 e. The Labute approximate surface area is 102 Å². The summed E-state index contributed by atoms with van der Waals surface area (Å²) in [5.74, 6) is 0.0604. The molecule has 1 N–H and O–H groups in total. The molecule has 0 unspecified atom stereocenters. The summed E-state index contributed by atoms with van der Waals surface area (Å²) in [4.78, 5) is 4.16. The SMILES string of the molecule is Cc1ccc(Nc2noc3c(F)cccc23)cn1. The quantitative estimate of drug-likeness (QED) is 0.749. The van der Waals surface area contributed by atoms with E-state index in [1.165, 1.54) is 6.07 Å². The molecule has 2 aromatic heterocycles. The highest BCUT2D eigenvalue weighted by Gasteiger charge is 2.11. The molecular formula is C13H10FN3O. The van der Waals surface area contributed by atoms with Crippen LogP contribution in [0.3, 0.4) is 0 Å². The monoisotopic (exact) mass is 243 g/mol. The van der Waals surface area contributed by atoms with Crippen molar-refractivity contribution < 1.29 is 8.91 Å². The van der Waals surface area contributed by atoms with Gasteiger partial charge < -0.3 is 9.84 Å². The number of nitrogens with one attached hydrogen (secondary N) is 1. The second-order valence-electron chi connectivity index (χ2n) is 3.96. The standard InChI is InChI=1S/C13H10FN3O/c1-8-5-6-9(7-15-8)16-13-10-3-2-4-11(14)12(10)18-17-13/h2-7H,1H3,(H,16,17). The first-order valence-electron chi connectivity index (χ1n) is 5.47. The smallest absolute Gasteiger partial charge is 0.204 e. The van der Waals surface area contributed by atoms with Gasteiger partial charge in [-0.15, -0.1) is 0 Å². The van der Waals surface area contributed by atoms with Gasteiger partial charge in [-0.25, -0.2) is 4.39 Å². The van der Waals surface area contributed by atoms with Gasteiger partial charge in [-0.1, -0.05) is 11.2 Å². The lowest BCUT2D eigenvalue weighted by Crippen LogP contribution is -1.92. The molecule has 0 aliphatic heterocycles. The Morgan fingerprint density at radius 1 is 1.22 bits per heavy atom. The highest BCUT2D eigenvalue weighted by Crippen LogP contribution is 2.27. The van der Waals surface area contributed by atoms with Crippen LogP contribution in [0.25, 0.3) is 11.0 Å². The number of rotatable bonds is 2. The Morgan fingerprint density at radius 2 is 2.11 bits per heavy atom. The number of halogens is 1. The van der Waals surface area contributed by atoms with Gasteiger partial charge in [0.2, 0.25) is 5.58 Å². The van der Waals surface area contributed by atoms with E-state index in [4.69, 9.17) is 4.52 Å². The summed E-state index contributed by atoms with van der Waals surface area (Å²) in [7, 11) is 0. The van der Waals surface area contributed by atoms with Gasteiger partial charge in [0, 0.05) is 5.69 Å². The molecule has 90 valence electrons. The lowest BCUT2D eigenvalue weighted by molar-refractivity contribution is 0.443. The number of fused-ring (bicyclic) bond motifs is 1. The Morgan fingerprint density at radius 3 is 2.89 bits per heavy atom. The van der Waals surface area contributed by atoms with Crippen molar-refractivity contribution in [2.45, 2.75) is 6.92 Å². The molecular weight excluding hydrogens is 233 g/mol. The molecule has 0 aliphatic rings. The van der Waals surface area contributed by atoms with Gasteiger partial charge in [-0.2, -0.15) is 0 Å². The second-order valence-corrected chi connectivity index (χ2v) is 3.96. The van der Waals surface area contributed by atoms with Crippen LogP contribution >= 0.6 is 0 Å². The van der Waals surface area contributed by atoms with Crippen LogP contribution in [0.4, 0.5) is 15.9 Å². The first kappa shape index (κ1) is 10.7.